The number of nitrogens with zero attached hydrogens (tertiary/aromatic N) is 5. The predicted octanol–water partition coefficient (Wildman–Crippen LogP) is 9.27. The van der Waals surface area contributed by atoms with Crippen molar-refractivity contribution in [3.63, 3.8) is 0 Å². The summed E-state index contributed by atoms with van der Waals surface area (Å²) in [5.41, 5.74) is 14.9. The molecule has 0 fully saturated rings. The van der Waals surface area contributed by atoms with E-state index in [1.807, 2.05) is 70.2 Å². The van der Waals surface area contributed by atoms with Crippen LogP contribution in [0.5, 0.6) is 11.5 Å². The maximum Gasteiger partial charge on any atom is 0.338 e. The third kappa shape index (κ3) is 12.9. The van der Waals surface area contributed by atoms with Crippen molar-refractivity contribution in [2.45, 2.75) is 40.2 Å². The van der Waals surface area contributed by atoms with Crippen LogP contribution in [0.15, 0.2) is 79.0 Å². The number of urea groups is 2. The number of amides is 5. The number of hydrazine groups is 2. The van der Waals surface area contributed by atoms with Crippen molar-refractivity contribution in [1.29, 1.82) is 15.8 Å². The Hall–Kier alpha value is -8.22. The first-order valence-electron chi connectivity index (χ1n) is 18.3. The Morgan fingerprint density at radius 2 is 1.37 bits per heavy atom. The Balaban J connectivity index is 0.000000302. The van der Waals surface area contributed by atoms with Crippen LogP contribution in [0.25, 0.3) is 4.85 Å². The van der Waals surface area contributed by atoms with Crippen LogP contribution in [0, 0.1) is 61.3 Å². The van der Waals surface area contributed by atoms with Crippen LogP contribution < -0.4 is 47.1 Å². The van der Waals surface area contributed by atoms with E-state index in [1.165, 1.54) is 31.5 Å². The minimum atomic E-state index is -0.720. The number of nitrogens with one attached hydrogen (secondary N) is 7. The molecule has 62 heavy (non-hydrogen) atoms. The van der Waals surface area contributed by atoms with Gasteiger partial charge >= 0.3 is 12.1 Å². The van der Waals surface area contributed by atoms with Crippen LogP contribution in [0.3, 0.4) is 0 Å². The molecule has 0 bridgehead atoms. The van der Waals surface area contributed by atoms with E-state index >= 15 is 0 Å². The van der Waals surface area contributed by atoms with E-state index in [1.54, 1.807) is 30.3 Å². The molecule has 4 aromatic carbocycles. The van der Waals surface area contributed by atoms with Crippen molar-refractivity contribution in [2.75, 3.05) is 33.9 Å². The minimum absolute atomic E-state index is 0.101. The zero-order valence-corrected chi connectivity index (χ0v) is 35.3. The van der Waals surface area contributed by atoms with Crippen molar-refractivity contribution in [3.05, 3.63) is 134 Å². The predicted molar refractivity (Wildman–Crippen MR) is 236 cm³/mol. The van der Waals surface area contributed by atoms with Gasteiger partial charge in [-0.15, -0.1) is 0 Å². The highest BCUT2D eigenvalue weighted by Gasteiger charge is 2.20. The van der Waals surface area contributed by atoms with Crippen molar-refractivity contribution in [1.82, 2.24) is 15.8 Å². The number of hydrogen-bond donors (Lipinski definition) is 7. The fraction of sp³-hybridized carbons (Fsp3) is 0.163. The molecule has 1 atom stereocenters. The number of anilines is 5. The molecule has 0 radical (unpaired) electrons. The maximum absolute atomic E-state index is 12.9. The van der Waals surface area contributed by atoms with Gasteiger partial charge in [-0.05, 0) is 92.9 Å². The number of aryl methyl sites for hydroxylation is 3. The summed E-state index contributed by atoms with van der Waals surface area (Å²) in [4.78, 5) is 44.6. The van der Waals surface area contributed by atoms with Crippen LogP contribution in [-0.4, -0.2) is 36.2 Å². The Kier molecular flexibility index (Phi) is 16.7. The highest BCUT2D eigenvalue weighted by molar-refractivity contribution is 6.34. The molecule has 5 amide bonds. The maximum atomic E-state index is 12.9. The first-order valence-corrected chi connectivity index (χ1v) is 19.0. The summed E-state index contributed by atoms with van der Waals surface area (Å²) >= 11 is 12.0. The molecule has 0 aliphatic rings. The van der Waals surface area contributed by atoms with Gasteiger partial charge in [-0.1, -0.05) is 53.9 Å². The second-order valence-electron chi connectivity index (χ2n) is 13.0. The highest BCUT2D eigenvalue weighted by Crippen LogP contribution is 2.29. The van der Waals surface area contributed by atoms with E-state index < -0.39 is 18.2 Å². The lowest BCUT2D eigenvalue weighted by atomic mass is 10.1. The number of rotatable bonds is 12. The zero-order chi connectivity index (χ0) is 45.3. The highest BCUT2D eigenvalue weighted by atomic mass is 35.5. The first-order chi connectivity index (χ1) is 29.7. The topological polar surface area (TPSA) is 242 Å². The third-order valence-electron chi connectivity index (χ3n) is 8.43. The number of carbonyl (C=O) groups excluding carboxylic acids is 3. The van der Waals surface area contributed by atoms with Crippen LogP contribution in [0.1, 0.15) is 46.7 Å². The minimum Gasteiger partial charge on any atom is -0.495 e. The second-order valence-corrected chi connectivity index (χ2v) is 13.8. The average Bonchev–Trinajstić information content (AvgIpc) is 3.26. The van der Waals surface area contributed by atoms with Gasteiger partial charge in [-0.25, -0.2) is 19.4 Å². The number of nitriles is 3. The van der Waals surface area contributed by atoms with Gasteiger partial charge < -0.3 is 25.4 Å². The molecular formula is C43H38Cl2N12O5. The van der Waals surface area contributed by atoms with Crippen LogP contribution in [0.2, 0.25) is 10.0 Å². The standard InChI is InChI=1S/C27H27N7O4.C16H11Cl2N5O/c1-6-22(38-23-9-7-16(2)11-17(23)3)26(35)31-19-8-10-24(37-5)21(12-19)32-27(36)34-33-25-13-20(29-4)18(14-28)15-30-25;1-9-2-3-12(17)14(4-9)21-16(24)23-22-15-6-11(8-20)10(7-19)5-13(15)18/h7-13,15,22H,6H2,1-3,5H3,(H,30,33)(H,31,35)(H2,32,34,36);2-6,22H,1H3,(H2,21,23,24). The van der Waals surface area contributed by atoms with Gasteiger partial charge in [0.1, 0.15) is 29.5 Å². The monoisotopic (exact) mass is 872 g/mol. The molecule has 0 saturated heterocycles. The fourth-order valence-electron chi connectivity index (χ4n) is 5.35. The van der Waals surface area contributed by atoms with Gasteiger partial charge in [0.05, 0.1) is 63.5 Å². The second kappa shape index (κ2) is 22.2. The Morgan fingerprint density at radius 3 is 2.02 bits per heavy atom. The van der Waals surface area contributed by atoms with Gasteiger partial charge in [0, 0.05) is 11.9 Å². The molecule has 0 aliphatic heterocycles. The number of aromatic nitrogens is 1. The largest absolute Gasteiger partial charge is 0.495 e. The van der Waals surface area contributed by atoms with E-state index in [-0.39, 0.29) is 44.8 Å². The number of benzene rings is 4. The van der Waals surface area contributed by atoms with Gasteiger partial charge in [0.25, 0.3) is 5.91 Å². The van der Waals surface area contributed by atoms with E-state index in [0.717, 1.165) is 16.7 Å². The molecule has 1 unspecified atom stereocenters. The number of ether oxygens (including phenoxy) is 2. The number of pyridine rings is 1. The van der Waals surface area contributed by atoms with Crippen LogP contribution in [0.4, 0.5) is 43.8 Å². The zero-order valence-electron chi connectivity index (χ0n) is 33.8. The van der Waals surface area contributed by atoms with E-state index in [9.17, 15) is 14.4 Å². The van der Waals surface area contributed by atoms with E-state index in [2.05, 4.69) is 47.5 Å². The van der Waals surface area contributed by atoms with Crippen molar-refractivity contribution < 1.29 is 23.9 Å². The quantitative estimate of drug-likeness (QED) is 0.0460. The summed E-state index contributed by atoms with van der Waals surface area (Å²) in [6, 6.07) is 24.3. The van der Waals surface area contributed by atoms with Gasteiger partial charge in [-0.3, -0.25) is 26.5 Å². The molecule has 5 rings (SSSR count). The first kappa shape index (κ1) is 46.5. The lowest BCUT2D eigenvalue weighted by Gasteiger charge is -2.19. The molecular weight excluding hydrogens is 835 g/mol. The summed E-state index contributed by atoms with van der Waals surface area (Å²) in [6.45, 7) is 14.8. The molecule has 17 nitrogen and oxygen atoms in total. The Bertz CT molecular complexity index is 2670. The van der Waals surface area contributed by atoms with Crippen molar-refractivity contribution in [2.24, 2.45) is 0 Å². The molecule has 1 aromatic heterocycles. The molecule has 19 heteroatoms. The van der Waals surface area contributed by atoms with Gasteiger partial charge in [-0.2, -0.15) is 15.8 Å². The third-order valence-corrected chi connectivity index (χ3v) is 9.08. The normalized spacial score (nSPS) is 10.3. The molecule has 1 heterocycles. The smallest absolute Gasteiger partial charge is 0.338 e. The number of hydrogen-bond acceptors (Lipinski definition) is 11. The fourth-order valence-corrected chi connectivity index (χ4v) is 5.72. The molecule has 314 valence electrons. The summed E-state index contributed by atoms with van der Waals surface area (Å²) in [5, 5.41) is 35.6. The number of halogens is 2. The SMILES string of the molecule is Cc1ccc(Cl)c(NC(=O)NNc2cc(C#N)c(C#N)cc2Cl)c1.[C-]#[N+]c1cc(NNC(=O)Nc2cc(NC(=O)C(CC)Oc3ccc(C)cc3C)ccc2OC)ncc1C#N. The lowest BCUT2D eigenvalue weighted by molar-refractivity contribution is -0.122. The van der Waals surface area contributed by atoms with Crippen molar-refractivity contribution >= 4 is 75.4 Å². The number of carbonyl (C=O) groups is 3. The summed E-state index contributed by atoms with van der Waals surface area (Å²) in [5.74, 6) is 0.840. The Labute approximate surface area is 367 Å². The lowest BCUT2D eigenvalue weighted by Crippen LogP contribution is -2.34. The summed E-state index contributed by atoms with van der Waals surface area (Å²) in [6.07, 6.45) is 0.966. The molecule has 0 saturated carbocycles. The van der Waals surface area contributed by atoms with Gasteiger partial charge in [0.15, 0.2) is 6.10 Å². The van der Waals surface area contributed by atoms with E-state index in [4.69, 9.17) is 55.0 Å². The summed E-state index contributed by atoms with van der Waals surface area (Å²) < 4.78 is 11.3. The molecule has 0 aliphatic carbocycles. The van der Waals surface area contributed by atoms with Crippen LogP contribution in [-0.2, 0) is 4.79 Å². The molecule has 5 aromatic rings. The average molecular weight is 874 g/mol. The Morgan fingerprint density at radius 1 is 0.742 bits per heavy atom. The molecule has 7 N–H and O–H groups in total. The molecule has 0 spiro atoms. The summed E-state index contributed by atoms with van der Waals surface area (Å²) in [7, 11) is 1.45. The van der Waals surface area contributed by atoms with Crippen LogP contribution >= 0.6 is 23.2 Å². The van der Waals surface area contributed by atoms with Crippen molar-refractivity contribution in [3.8, 4) is 29.7 Å². The number of methoxy groups -OCH3 is 1. The van der Waals surface area contributed by atoms with Gasteiger partial charge in [0.2, 0.25) is 5.69 Å². The van der Waals surface area contributed by atoms with E-state index in [0.29, 0.717) is 40.0 Å².